The number of aliphatic hydroxyl groups excluding tert-OH is 1. The normalized spacial score (nSPS) is 11.8. The highest BCUT2D eigenvalue weighted by atomic mass is 16.6. The molecule has 0 bridgehead atoms. The largest absolute Gasteiger partial charge is 0.462 e. The molecule has 0 aliphatic rings. The van der Waals surface area contributed by atoms with Crippen molar-refractivity contribution in [1.29, 1.82) is 0 Å². The minimum Gasteiger partial charge on any atom is -0.462 e. The van der Waals surface area contributed by atoms with Crippen LogP contribution in [0.15, 0.2) is 0 Å². The van der Waals surface area contributed by atoms with E-state index in [9.17, 15) is 19.5 Å². The summed E-state index contributed by atoms with van der Waals surface area (Å²) in [4.78, 5) is 34.8. The van der Waals surface area contributed by atoms with E-state index in [0.29, 0.717) is 12.8 Å². The van der Waals surface area contributed by atoms with Crippen molar-refractivity contribution in [1.82, 2.24) is 5.32 Å². The summed E-state index contributed by atoms with van der Waals surface area (Å²) in [5.41, 5.74) is 0. The lowest BCUT2D eigenvalue weighted by atomic mass is 10.1. The highest BCUT2D eigenvalue weighted by molar-refractivity contribution is 5.72. The lowest BCUT2D eigenvalue weighted by Crippen LogP contribution is -2.28. The number of rotatable bonds is 29. The molecule has 230 valence electrons. The minimum absolute atomic E-state index is 0.0507. The quantitative estimate of drug-likeness (QED) is 0.0729. The molecule has 2 N–H and O–H groups in total. The zero-order valence-corrected chi connectivity index (χ0v) is 25.5. The molecule has 7 nitrogen and oxygen atoms in total. The van der Waals surface area contributed by atoms with Crippen LogP contribution in [-0.2, 0) is 23.9 Å². The Morgan fingerprint density at radius 1 is 0.615 bits per heavy atom. The summed E-state index contributed by atoms with van der Waals surface area (Å²) in [5.74, 6) is -0.570. The van der Waals surface area contributed by atoms with Crippen molar-refractivity contribution in [2.24, 2.45) is 0 Å². The van der Waals surface area contributed by atoms with Crippen molar-refractivity contribution in [3.05, 3.63) is 0 Å². The Bertz CT molecular complexity index is 583. The molecule has 0 rings (SSSR count). The van der Waals surface area contributed by atoms with Gasteiger partial charge in [0.15, 0.2) is 6.10 Å². The Labute approximate surface area is 239 Å². The number of nitrogens with one attached hydrogen (secondary N) is 1. The molecular formula is C32H61NO6. The molecule has 0 spiro atoms. The van der Waals surface area contributed by atoms with Crippen molar-refractivity contribution in [2.75, 3.05) is 19.8 Å². The van der Waals surface area contributed by atoms with Crippen LogP contribution in [0.2, 0.25) is 0 Å². The maximum Gasteiger partial charge on any atom is 0.306 e. The maximum absolute atomic E-state index is 12.0. The average Bonchev–Trinajstić information content (AvgIpc) is 2.92. The van der Waals surface area contributed by atoms with Crippen molar-refractivity contribution in [3.8, 4) is 0 Å². The monoisotopic (exact) mass is 555 g/mol. The summed E-state index contributed by atoms with van der Waals surface area (Å²) >= 11 is 0. The zero-order valence-electron chi connectivity index (χ0n) is 25.5. The molecule has 0 unspecified atom stereocenters. The number of unbranched alkanes of at least 4 members (excludes halogenated alkanes) is 19. The van der Waals surface area contributed by atoms with Gasteiger partial charge >= 0.3 is 11.9 Å². The molecule has 0 radical (unpaired) electrons. The van der Waals surface area contributed by atoms with Gasteiger partial charge in [0.25, 0.3) is 0 Å². The van der Waals surface area contributed by atoms with Gasteiger partial charge in [-0.2, -0.15) is 0 Å². The molecule has 39 heavy (non-hydrogen) atoms. The van der Waals surface area contributed by atoms with Gasteiger partial charge in [0.1, 0.15) is 6.61 Å². The predicted octanol–water partition coefficient (Wildman–Crippen LogP) is 7.56. The third-order valence-electron chi connectivity index (χ3n) is 7.10. The van der Waals surface area contributed by atoms with E-state index in [1.54, 1.807) is 6.92 Å². The first-order chi connectivity index (χ1) is 19.0. The summed E-state index contributed by atoms with van der Waals surface area (Å²) < 4.78 is 10.5. The lowest BCUT2D eigenvalue weighted by molar-refractivity contribution is -0.161. The Morgan fingerprint density at radius 2 is 1.03 bits per heavy atom. The molecule has 0 fully saturated rings. The number of esters is 2. The molecule has 0 aromatic heterocycles. The van der Waals surface area contributed by atoms with Gasteiger partial charge in [-0.05, 0) is 19.3 Å². The zero-order chi connectivity index (χ0) is 28.8. The lowest BCUT2D eigenvalue weighted by Gasteiger charge is -2.15. The summed E-state index contributed by atoms with van der Waals surface area (Å²) in [5, 5.41) is 12.3. The van der Waals surface area contributed by atoms with Gasteiger partial charge in [-0.1, -0.05) is 122 Å². The summed E-state index contributed by atoms with van der Waals surface area (Å²) in [6.07, 6.45) is 24.6. The number of amides is 1. The van der Waals surface area contributed by atoms with E-state index >= 15 is 0 Å². The number of hydrogen-bond donors (Lipinski definition) is 2. The molecule has 0 heterocycles. The van der Waals surface area contributed by atoms with Gasteiger partial charge in [0.05, 0.1) is 6.61 Å². The van der Waals surface area contributed by atoms with Gasteiger partial charge in [0.2, 0.25) is 5.91 Å². The fourth-order valence-corrected chi connectivity index (χ4v) is 4.63. The summed E-state index contributed by atoms with van der Waals surface area (Å²) in [7, 11) is 0. The molecule has 0 aromatic carbocycles. The SMILES string of the molecule is CCCCCCCCCCCCC(=O)O[C@H](CO)COC(=O)CCCCCCCCCCCCCNC(C)=O. The van der Waals surface area contributed by atoms with E-state index in [1.165, 1.54) is 89.9 Å². The van der Waals surface area contributed by atoms with Crippen LogP contribution >= 0.6 is 0 Å². The van der Waals surface area contributed by atoms with Crippen molar-refractivity contribution >= 4 is 17.8 Å². The van der Waals surface area contributed by atoms with Crippen molar-refractivity contribution in [3.63, 3.8) is 0 Å². The van der Waals surface area contributed by atoms with Gasteiger partial charge in [0, 0.05) is 26.3 Å². The van der Waals surface area contributed by atoms with Crippen LogP contribution in [0.25, 0.3) is 0 Å². The van der Waals surface area contributed by atoms with E-state index in [4.69, 9.17) is 9.47 Å². The second-order valence-corrected chi connectivity index (χ2v) is 11.0. The fraction of sp³-hybridized carbons (Fsp3) is 0.906. The number of ether oxygens (including phenoxy) is 2. The second-order valence-electron chi connectivity index (χ2n) is 11.0. The molecule has 0 aromatic rings. The number of hydrogen-bond acceptors (Lipinski definition) is 6. The molecule has 0 aliphatic heterocycles. The van der Waals surface area contributed by atoms with Crippen molar-refractivity contribution in [2.45, 2.75) is 168 Å². The van der Waals surface area contributed by atoms with Crippen LogP contribution in [-0.4, -0.2) is 48.8 Å². The maximum atomic E-state index is 12.0. The van der Waals surface area contributed by atoms with Crippen molar-refractivity contribution < 1.29 is 29.0 Å². The van der Waals surface area contributed by atoms with E-state index in [-0.39, 0.29) is 31.1 Å². The molecule has 0 saturated carbocycles. The third kappa shape index (κ3) is 29.2. The third-order valence-corrected chi connectivity index (χ3v) is 7.10. The van der Waals surface area contributed by atoms with Gasteiger partial charge < -0.3 is 19.9 Å². The number of aliphatic hydroxyl groups is 1. The first-order valence-electron chi connectivity index (χ1n) is 16.2. The molecule has 7 heteroatoms. The Kier molecular flexibility index (Phi) is 28.1. The first-order valence-corrected chi connectivity index (χ1v) is 16.2. The Hall–Kier alpha value is -1.63. The molecule has 1 atom stereocenters. The Morgan fingerprint density at radius 3 is 1.46 bits per heavy atom. The molecule has 1 amide bonds. The highest BCUT2D eigenvalue weighted by Crippen LogP contribution is 2.13. The number of carbonyl (C=O) groups excluding carboxylic acids is 3. The second kappa shape index (κ2) is 29.4. The molecule has 0 saturated heterocycles. The van der Waals surface area contributed by atoms with Gasteiger partial charge in [-0.25, -0.2) is 0 Å². The van der Waals surface area contributed by atoms with Crippen LogP contribution < -0.4 is 5.32 Å². The van der Waals surface area contributed by atoms with Crippen LogP contribution in [0.4, 0.5) is 0 Å². The Balaban J connectivity index is 3.53. The van der Waals surface area contributed by atoms with E-state index in [2.05, 4.69) is 12.2 Å². The van der Waals surface area contributed by atoms with E-state index < -0.39 is 6.10 Å². The summed E-state index contributed by atoms with van der Waals surface area (Å²) in [6.45, 7) is 4.16. The van der Waals surface area contributed by atoms with E-state index in [1.807, 2.05) is 0 Å². The van der Waals surface area contributed by atoms with Crippen LogP contribution in [0.3, 0.4) is 0 Å². The van der Waals surface area contributed by atoms with Gasteiger partial charge in [-0.15, -0.1) is 0 Å². The van der Waals surface area contributed by atoms with E-state index in [0.717, 1.165) is 51.5 Å². The van der Waals surface area contributed by atoms with Gasteiger partial charge in [-0.3, -0.25) is 14.4 Å². The van der Waals surface area contributed by atoms with Crippen LogP contribution in [0, 0.1) is 0 Å². The van der Waals surface area contributed by atoms with Crippen LogP contribution in [0.1, 0.15) is 162 Å². The number of carbonyl (C=O) groups is 3. The fourth-order valence-electron chi connectivity index (χ4n) is 4.63. The standard InChI is InChI=1S/C32H61NO6/c1-3-4-5-6-7-8-12-16-19-22-25-32(37)39-30(27-34)28-38-31(36)24-21-18-15-13-10-9-11-14-17-20-23-26-33-29(2)35/h30,34H,3-28H2,1-2H3,(H,33,35)/t30-/m1/s1. The average molecular weight is 556 g/mol. The molecular weight excluding hydrogens is 494 g/mol. The highest BCUT2D eigenvalue weighted by Gasteiger charge is 2.16. The summed E-state index contributed by atoms with van der Waals surface area (Å²) in [6, 6.07) is 0. The first kappa shape index (κ1) is 37.4. The minimum atomic E-state index is -0.776. The van der Waals surface area contributed by atoms with Crippen LogP contribution in [0.5, 0.6) is 0 Å². The predicted molar refractivity (Wildman–Crippen MR) is 158 cm³/mol. The topological polar surface area (TPSA) is 102 Å². The smallest absolute Gasteiger partial charge is 0.306 e. The molecule has 0 aliphatic carbocycles.